The number of rotatable bonds is 4. The lowest BCUT2D eigenvalue weighted by molar-refractivity contribution is 0.660. The van der Waals surface area contributed by atoms with Crippen molar-refractivity contribution in [2.45, 2.75) is 26.1 Å². The molecule has 0 aromatic rings. The first-order chi connectivity index (χ1) is 4.70. The van der Waals surface area contributed by atoms with Crippen LogP contribution in [0.25, 0.3) is 0 Å². The number of hydrogen-bond donors (Lipinski definition) is 1. The molecule has 0 aromatic heterocycles. The first kappa shape index (κ1) is 10.2. The average Bonchev–Trinajstić information content (AvgIpc) is 1.86. The summed E-state index contributed by atoms with van der Waals surface area (Å²) in [6, 6.07) is 0. The Kier molecular flexibility index (Phi) is 6.06. The van der Waals surface area contributed by atoms with E-state index < -0.39 is 0 Å². The van der Waals surface area contributed by atoms with Gasteiger partial charge in [0.05, 0.1) is 7.85 Å². The van der Waals surface area contributed by atoms with E-state index in [2.05, 4.69) is 19.4 Å². The van der Waals surface area contributed by atoms with Crippen LogP contribution in [0.1, 0.15) is 19.8 Å². The summed E-state index contributed by atoms with van der Waals surface area (Å²) in [4.78, 5) is 0. The van der Waals surface area contributed by atoms with E-state index in [-0.39, 0.29) is 7.70 Å². The monoisotopic (exact) mass is 156 g/mol. The summed E-state index contributed by atoms with van der Waals surface area (Å²) in [6.45, 7) is 4.24. The van der Waals surface area contributed by atoms with Crippen molar-refractivity contribution in [2.24, 2.45) is 11.4 Å². The van der Waals surface area contributed by atoms with Gasteiger partial charge in [0.15, 0.2) is 7.70 Å². The molecule has 10 heavy (non-hydrogen) atoms. The average molecular weight is 156 g/mol. The van der Waals surface area contributed by atoms with Crippen LogP contribution in [-0.4, -0.2) is 20.3 Å². The molecule has 0 aliphatic heterocycles. The lowest BCUT2D eigenvalue weighted by Crippen LogP contribution is -2.00. The zero-order chi connectivity index (χ0) is 7.98. The summed E-state index contributed by atoms with van der Waals surface area (Å²) in [5.74, 6) is 2.88. The van der Waals surface area contributed by atoms with Crippen molar-refractivity contribution in [1.82, 2.24) is 0 Å². The largest absolute Gasteiger partial charge is 0.172 e. The summed E-state index contributed by atoms with van der Waals surface area (Å²) in [5, 5.41) is 0. The van der Waals surface area contributed by atoms with Gasteiger partial charge in [-0.15, -0.1) is 0 Å². The second-order valence-corrected chi connectivity index (χ2v) is 4.19. The molecule has 2 atom stereocenters. The predicted octanol–water partition coefficient (Wildman–Crippen LogP) is 1.78. The van der Waals surface area contributed by atoms with Gasteiger partial charge < -0.3 is 0 Å². The van der Waals surface area contributed by atoms with E-state index in [0.29, 0.717) is 5.92 Å². The Hall–Kier alpha value is 0.195. The zero-order valence-corrected chi connectivity index (χ0v) is 7.77. The summed E-state index contributed by atoms with van der Waals surface area (Å²) in [6.07, 6.45) is 3.03. The van der Waals surface area contributed by atoms with Gasteiger partial charge in [-0.1, -0.05) is 19.7 Å². The highest BCUT2D eigenvalue weighted by Crippen LogP contribution is 2.13. The molecule has 0 saturated carbocycles. The lowest BCUT2D eigenvalue weighted by Gasteiger charge is -2.02. The Labute approximate surface area is 66.2 Å². The second-order valence-electron chi connectivity index (χ2n) is 2.56. The minimum atomic E-state index is -0.338. The summed E-state index contributed by atoms with van der Waals surface area (Å²) in [7, 11) is 5.09. The molecule has 0 aliphatic rings. The van der Waals surface area contributed by atoms with Gasteiger partial charge in [-0.2, -0.15) is 5.50 Å². The lowest BCUT2D eigenvalue weighted by atomic mass is 9.93. The van der Waals surface area contributed by atoms with Crippen LogP contribution in [0, 0.1) is 5.92 Å². The molecule has 2 radical (unpaired) electrons. The van der Waals surface area contributed by atoms with Crippen molar-refractivity contribution in [1.29, 1.82) is 0 Å². The topological polar surface area (TPSA) is 26.0 Å². The molecule has 0 fully saturated rings. The van der Waals surface area contributed by atoms with Gasteiger partial charge in [0.2, 0.25) is 0 Å². The van der Waals surface area contributed by atoms with Crippen LogP contribution in [0.3, 0.4) is 0 Å². The van der Waals surface area contributed by atoms with Crippen LogP contribution in [-0.2, 0) is 0 Å². The SMILES string of the molecule is [B]CCC(C=[P+](C)N)CC. The van der Waals surface area contributed by atoms with E-state index in [4.69, 9.17) is 13.4 Å². The van der Waals surface area contributed by atoms with Crippen molar-refractivity contribution in [3.8, 4) is 0 Å². The minimum Gasteiger partial charge on any atom is -0.158 e. The summed E-state index contributed by atoms with van der Waals surface area (Å²) in [5.41, 5.74) is 5.67. The third-order valence-corrected chi connectivity index (χ3v) is 2.40. The van der Waals surface area contributed by atoms with Crippen molar-refractivity contribution < 1.29 is 0 Å². The van der Waals surface area contributed by atoms with Crippen molar-refractivity contribution in [2.75, 3.05) is 6.66 Å². The highest BCUT2D eigenvalue weighted by atomic mass is 31.1. The molecular formula is C7H16BNP+. The van der Waals surface area contributed by atoms with Crippen molar-refractivity contribution >= 4 is 21.3 Å². The third kappa shape index (κ3) is 5.02. The summed E-state index contributed by atoms with van der Waals surface area (Å²) < 4.78 is 0. The van der Waals surface area contributed by atoms with Gasteiger partial charge >= 0.3 is 0 Å². The smallest absolute Gasteiger partial charge is 0.158 e. The Balaban J connectivity index is 3.71. The molecule has 2 N–H and O–H groups in total. The highest BCUT2D eigenvalue weighted by Gasteiger charge is 2.05. The molecule has 0 heterocycles. The Morgan fingerprint density at radius 2 is 2.30 bits per heavy atom. The van der Waals surface area contributed by atoms with E-state index in [1.807, 2.05) is 0 Å². The maximum atomic E-state index is 5.67. The molecule has 0 saturated heterocycles. The van der Waals surface area contributed by atoms with Gasteiger partial charge in [0, 0.05) is 5.92 Å². The second kappa shape index (κ2) is 5.94. The molecular weight excluding hydrogens is 140 g/mol. The van der Waals surface area contributed by atoms with Crippen LogP contribution in [0.2, 0.25) is 6.32 Å². The maximum Gasteiger partial charge on any atom is 0.172 e. The summed E-state index contributed by atoms with van der Waals surface area (Å²) >= 11 is 0. The molecule has 0 spiro atoms. The third-order valence-electron chi connectivity index (χ3n) is 1.51. The zero-order valence-electron chi connectivity index (χ0n) is 6.88. The molecule has 0 rings (SSSR count). The minimum absolute atomic E-state index is 0.338. The van der Waals surface area contributed by atoms with Crippen molar-refractivity contribution in [3.05, 3.63) is 0 Å². The Morgan fingerprint density at radius 1 is 1.70 bits per heavy atom. The van der Waals surface area contributed by atoms with Gasteiger partial charge in [-0.3, -0.25) is 0 Å². The van der Waals surface area contributed by atoms with Crippen LogP contribution in [0.5, 0.6) is 0 Å². The molecule has 0 aromatic carbocycles. The molecule has 3 heteroatoms. The van der Waals surface area contributed by atoms with E-state index in [9.17, 15) is 0 Å². The predicted molar refractivity (Wildman–Crippen MR) is 52.1 cm³/mol. The van der Waals surface area contributed by atoms with Gasteiger partial charge in [-0.25, -0.2) is 0 Å². The van der Waals surface area contributed by atoms with Gasteiger partial charge in [0.25, 0.3) is 0 Å². The van der Waals surface area contributed by atoms with E-state index in [1.165, 1.54) is 6.42 Å². The maximum absolute atomic E-state index is 5.67. The fraction of sp³-hybridized carbons (Fsp3) is 0.857. The Morgan fingerprint density at radius 3 is 2.60 bits per heavy atom. The van der Waals surface area contributed by atoms with Crippen LogP contribution < -0.4 is 5.50 Å². The fourth-order valence-corrected chi connectivity index (χ4v) is 1.96. The normalized spacial score (nSPS) is 15.3. The van der Waals surface area contributed by atoms with Crippen LogP contribution in [0.4, 0.5) is 0 Å². The number of hydrogen-bond acceptors (Lipinski definition) is 1. The highest BCUT2D eigenvalue weighted by molar-refractivity contribution is 7.54. The molecule has 0 bridgehead atoms. The Bertz CT molecular complexity index is 110. The first-order valence-electron chi connectivity index (χ1n) is 3.73. The van der Waals surface area contributed by atoms with Gasteiger partial charge in [0.1, 0.15) is 12.5 Å². The van der Waals surface area contributed by atoms with E-state index in [1.54, 1.807) is 0 Å². The fourth-order valence-electron chi connectivity index (χ4n) is 0.931. The molecule has 2 unspecified atom stereocenters. The molecule has 0 aliphatic carbocycles. The number of nitrogens with two attached hydrogens (primary N) is 1. The quantitative estimate of drug-likeness (QED) is 0.487. The molecule has 0 amide bonds. The van der Waals surface area contributed by atoms with Crippen molar-refractivity contribution in [3.63, 3.8) is 0 Å². The first-order valence-corrected chi connectivity index (χ1v) is 5.66. The molecule has 56 valence electrons. The van der Waals surface area contributed by atoms with Crippen LogP contribution >= 0.6 is 7.70 Å². The molecule has 1 nitrogen and oxygen atoms in total. The van der Waals surface area contributed by atoms with E-state index in [0.717, 1.165) is 12.7 Å². The standard InChI is InChI=1S/C7H16BNP/c1-3-7(4-5-8)6-10(2)9/h6-7H,3-5,9H2,1-2H3/q+1. The van der Waals surface area contributed by atoms with Gasteiger partial charge in [-0.05, 0) is 6.42 Å². The van der Waals surface area contributed by atoms with E-state index >= 15 is 0 Å². The van der Waals surface area contributed by atoms with Crippen LogP contribution in [0.15, 0.2) is 0 Å².